The molecule has 0 atom stereocenters. The smallest absolute Gasteiger partial charge is 0.235 e. The van der Waals surface area contributed by atoms with Crippen LogP contribution in [0.5, 0.6) is 0 Å². The van der Waals surface area contributed by atoms with Gasteiger partial charge in [-0.2, -0.15) is 14.7 Å². The molecule has 3 aromatic carbocycles. The average Bonchev–Trinajstić information content (AvgIpc) is 3.69. The Balaban J connectivity index is 1.33. The molecule has 168 valence electrons. The van der Waals surface area contributed by atoms with Crippen LogP contribution in [-0.2, 0) is 6.54 Å². The van der Waals surface area contributed by atoms with Gasteiger partial charge in [0.15, 0.2) is 10.8 Å². The van der Waals surface area contributed by atoms with Crippen LogP contribution in [0.4, 0.5) is 0 Å². The third-order valence-corrected chi connectivity index (χ3v) is 6.71. The van der Waals surface area contributed by atoms with Crippen LogP contribution in [0, 0.1) is 0 Å². The number of aromatic nitrogens is 9. The lowest BCUT2D eigenvalue weighted by atomic mass is 10.1. The number of benzene rings is 3. The summed E-state index contributed by atoms with van der Waals surface area (Å²) >= 11 is 1.48. The van der Waals surface area contributed by atoms with Crippen LogP contribution in [0.2, 0.25) is 0 Å². The van der Waals surface area contributed by atoms with Gasteiger partial charge in [-0.1, -0.05) is 77.2 Å². The van der Waals surface area contributed by atoms with Gasteiger partial charge in [-0.15, -0.1) is 15.3 Å². The Morgan fingerprint density at radius 2 is 1.51 bits per heavy atom. The Morgan fingerprint density at radius 1 is 0.743 bits per heavy atom. The van der Waals surface area contributed by atoms with Crippen LogP contribution in [0.1, 0.15) is 5.82 Å². The number of rotatable bonds is 5. The van der Waals surface area contributed by atoms with Gasteiger partial charge in [0, 0.05) is 11.8 Å². The lowest BCUT2D eigenvalue weighted by Gasteiger charge is -2.00. The normalized spacial score (nSPS) is 11.5. The molecule has 4 heterocycles. The summed E-state index contributed by atoms with van der Waals surface area (Å²) in [5.74, 6) is 0.690. The minimum atomic E-state index is 0.416. The topological polar surface area (TPSA) is 91.6 Å². The van der Waals surface area contributed by atoms with E-state index in [2.05, 4.69) is 32.6 Å². The van der Waals surface area contributed by atoms with E-state index >= 15 is 0 Å². The molecule has 7 rings (SSSR count). The van der Waals surface area contributed by atoms with Crippen LogP contribution < -0.4 is 0 Å². The molecule has 0 aliphatic heterocycles. The highest BCUT2D eigenvalue weighted by atomic mass is 32.1. The second-order valence-corrected chi connectivity index (χ2v) is 8.95. The highest BCUT2D eigenvalue weighted by molar-refractivity contribution is 7.19. The Bertz CT molecular complexity index is 1780. The summed E-state index contributed by atoms with van der Waals surface area (Å²) in [7, 11) is 0. The Labute approximate surface area is 202 Å². The van der Waals surface area contributed by atoms with Crippen LogP contribution in [0.3, 0.4) is 0 Å². The molecule has 0 bridgehead atoms. The maximum absolute atomic E-state index is 4.91. The molecule has 0 aliphatic carbocycles. The van der Waals surface area contributed by atoms with Crippen molar-refractivity contribution in [1.29, 1.82) is 0 Å². The summed E-state index contributed by atoms with van der Waals surface area (Å²) < 4.78 is 5.49. The van der Waals surface area contributed by atoms with Gasteiger partial charge in [0.2, 0.25) is 4.96 Å². The molecule has 0 unspecified atom stereocenters. The van der Waals surface area contributed by atoms with Crippen molar-refractivity contribution >= 4 is 27.3 Å². The first-order valence-electron chi connectivity index (χ1n) is 11.0. The lowest BCUT2D eigenvalue weighted by Crippen LogP contribution is -2.06. The second kappa shape index (κ2) is 7.96. The third-order valence-electron chi connectivity index (χ3n) is 5.78. The molecule has 4 aromatic heterocycles. The fourth-order valence-electron chi connectivity index (χ4n) is 4.09. The summed E-state index contributed by atoms with van der Waals surface area (Å²) in [6.45, 7) is 0.416. The SMILES string of the molecule is c1ccc(-c2nn(-c3ccccc3)cc2-c2nn3c(Cn4nnc5ccccc54)nnc3s2)cc1. The van der Waals surface area contributed by atoms with Crippen molar-refractivity contribution in [3.63, 3.8) is 0 Å². The molecule has 35 heavy (non-hydrogen) atoms. The molecule has 0 fully saturated rings. The minimum Gasteiger partial charge on any atom is -0.240 e. The largest absolute Gasteiger partial charge is 0.240 e. The quantitative estimate of drug-likeness (QED) is 0.364. The summed E-state index contributed by atoms with van der Waals surface area (Å²) in [6.07, 6.45) is 2.02. The highest BCUT2D eigenvalue weighted by Gasteiger charge is 2.20. The first kappa shape index (κ1) is 19.7. The second-order valence-electron chi connectivity index (χ2n) is 7.99. The summed E-state index contributed by atoms with van der Waals surface area (Å²) in [5, 5.41) is 27.9. The molecule has 7 aromatic rings. The first-order chi connectivity index (χ1) is 17.3. The van der Waals surface area contributed by atoms with Crippen LogP contribution >= 0.6 is 11.3 Å². The number of fused-ring (bicyclic) bond motifs is 2. The maximum Gasteiger partial charge on any atom is 0.235 e. The fourth-order valence-corrected chi connectivity index (χ4v) is 4.95. The summed E-state index contributed by atoms with van der Waals surface area (Å²) in [5.41, 5.74) is 5.59. The number of para-hydroxylation sites is 2. The van der Waals surface area contributed by atoms with Gasteiger partial charge in [-0.3, -0.25) is 0 Å². The third kappa shape index (κ3) is 3.39. The predicted molar refractivity (Wildman–Crippen MR) is 133 cm³/mol. The summed E-state index contributed by atoms with van der Waals surface area (Å²) in [4.78, 5) is 0.714. The molecule has 0 saturated carbocycles. The van der Waals surface area contributed by atoms with E-state index in [1.54, 1.807) is 4.52 Å². The Hall–Kier alpha value is -4.70. The van der Waals surface area contributed by atoms with Crippen LogP contribution in [0.15, 0.2) is 91.1 Å². The van der Waals surface area contributed by atoms with Crippen molar-refractivity contribution in [2.45, 2.75) is 6.54 Å². The monoisotopic (exact) mass is 475 g/mol. The number of nitrogens with zero attached hydrogens (tertiary/aromatic N) is 9. The van der Waals surface area contributed by atoms with E-state index in [9.17, 15) is 0 Å². The van der Waals surface area contributed by atoms with E-state index in [0.717, 1.165) is 38.5 Å². The maximum atomic E-state index is 4.91. The standard InChI is InChI=1S/C25H17N9S/c1-3-9-17(10-4-1)23-19(15-32(29-23)18-11-5-2-6-12-18)24-30-34-22(27-28-25(34)35-24)16-33-21-14-8-7-13-20(21)26-31-33/h1-15H,16H2. The van der Waals surface area contributed by atoms with Crippen molar-refractivity contribution in [3.05, 3.63) is 97.0 Å². The molecule has 0 aliphatic rings. The Kier molecular flexibility index (Phi) is 4.49. The predicted octanol–water partition coefficient (Wildman–Crippen LogP) is 4.50. The van der Waals surface area contributed by atoms with E-state index in [4.69, 9.17) is 10.2 Å². The van der Waals surface area contributed by atoms with E-state index < -0.39 is 0 Å². The highest BCUT2D eigenvalue weighted by Crippen LogP contribution is 2.34. The molecule has 10 heteroatoms. The first-order valence-corrected chi connectivity index (χ1v) is 11.9. The average molecular weight is 476 g/mol. The van der Waals surface area contributed by atoms with E-state index in [0.29, 0.717) is 17.3 Å². The van der Waals surface area contributed by atoms with Gasteiger partial charge >= 0.3 is 0 Å². The zero-order chi connectivity index (χ0) is 23.2. The van der Waals surface area contributed by atoms with Gasteiger partial charge in [0.05, 0.1) is 16.8 Å². The number of hydrogen-bond donors (Lipinski definition) is 0. The zero-order valence-corrected chi connectivity index (χ0v) is 19.1. The molecule has 0 N–H and O–H groups in total. The van der Waals surface area contributed by atoms with Crippen molar-refractivity contribution in [2.24, 2.45) is 0 Å². The van der Waals surface area contributed by atoms with Gasteiger partial charge in [0.1, 0.15) is 17.8 Å². The number of hydrogen-bond acceptors (Lipinski definition) is 7. The van der Waals surface area contributed by atoms with Crippen molar-refractivity contribution in [2.75, 3.05) is 0 Å². The molecular formula is C25H17N9S. The molecule has 0 radical (unpaired) electrons. The van der Waals surface area contributed by atoms with E-state index in [1.165, 1.54) is 11.3 Å². The molecule has 0 amide bonds. The summed E-state index contributed by atoms with van der Waals surface area (Å²) in [6, 6.07) is 28.1. The van der Waals surface area contributed by atoms with Gasteiger partial charge in [-0.05, 0) is 24.3 Å². The van der Waals surface area contributed by atoms with E-state index in [-0.39, 0.29) is 0 Å². The minimum absolute atomic E-state index is 0.416. The van der Waals surface area contributed by atoms with Gasteiger partial charge in [-0.25, -0.2) is 9.36 Å². The zero-order valence-electron chi connectivity index (χ0n) is 18.3. The molecule has 9 nitrogen and oxygen atoms in total. The van der Waals surface area contributed by atoms with Crippen molar-refractivity contribution < 1.29 is 0 Å². The van der Waals surface area contributed by atoms with Crippen molar-refractivity contribution in [3.8, 4) is 27.5 Å². The van der Waals surface area contributed by atoms with Gasteiger partial charge < -0.3 is 0 Å². The van der Waals surface area contributed by atoms with Crippen LogP contribution in [0.25, 0.3) is 43.5 Å². The lowest BCUT2D eigenvalue weighted by molar-refractivity contribution is 0.628. The fraction of sp³-hybridized carbons (Fsp3) is 0.0400. The molecule has 0 saturated heterocycles. The van der Waals surface area contributed by atoms with Crippen molar-refractivity contribution in [1.82, 2.24) is 44.6 Å². The van der Waals surface area contributed by atoms with Crippen LogP contribution in [-0.4, -0.2) is 44.6 Å². The van der Waals surface area contributed by atoms with E-state index in [1.807, 2.05) is 88.4 Å². The Morgan fingerprint density at radius 3 is 2.37 bits per heavy atom. The van der Waals surface area contributed by atoms with Gasteiger partial charge in [0.25, 0.3) is 0 Å². The molecular weight excluding hydrogens is 458 g/mol. The molecule has 0 spiro atoms.